The lowest BCUT2D eigenvalue weighted by Crippen LogP contribution is -2.42. The summed E-state index contributed by atoms with van der Waals surface area (Å²) < 4.78 is 49.8. The highest BCUT2D eigenvalue weighted by atomic mass is 31.2. The largest absolute Gasteiger partial charge is 0.497 e. The predicted octanol–water partition coefficient (Wildman–Crippen LogP) is 9.60. The minimum atomic E-state index is -1.73. The van der Waals surface area contributed by atoms with Crippen LogP contribution in [0.1, 0.15) is 68.3 Å². The molecule has 4 aromatic carbocycles. The molecule has 0 bridgehead atoms. The standard InChI is InChI=1S/C49H55N6O7P/c1-34(2)55(35(3)4)63(60-30-14-29-50)62-45-43(61-48(46(45)58-7)54-33-53-44-42(51-32-52-47(44)54)28-19-36-15-10-8-11-16-36)31-59-49(37-17-12-9-13-18-37,38-20-24-40(56-5)25-21-38)39-22-26-41(57-6)27-23-39/h8-13,15-28,32-35,43,45-46,48H,14,30-31H2,1-7H3/b28-19+/t43-,45-,46-,48-,63?/m1/s1. The molecule has 1 aliphatic heterocycles. The molecule has 328 valence electrons. The maximum absolute atomic E-state index is 9.50. The number of imidazole rings is 1. The van der Waals surface area contributed by atoms with E-state index in [4.69, 9.17) is 42.7 Å². The SMILES string of the molecule is COc1ccc(C(OC[C@H]2O[C@@H](n3cnc4c(/C=C/c5ccccc5)ncnc43)[C@H](OC)[C@@H]2OP(OCCC#N)N(C(C)C)C(C)C)(c2ccccc2)c2ccc(OC)cc2)cc1. The summed E-state index contributed by atoms with van der Waals surface area (Å²) in [5, 5.41) is 9.50. The van der Waals surface area contributed by atoms with E-state index >= 15 is 0 Å². The minimum Gasteiger partial charge on any atom is -0.497 e. The number of aromatic nitrogens is 4. The van der Waals surface area contributed by atoms with Crippen LogP contribution >= 0.6 is 8.53 Å². The Bertz CT molecular complexity index is 2370. The second kappa shape index (κ2) is 21.2. The molecule has 0 spiro atoms. The highest BCUT2D eigenvalue weighted by Gasteiger charge is 2.51. The highest BCUT2D eigenvalue weighted by molar-refractivity contribution is 7.44. The number of rotatable bonds is 20. The lowest BCUT2D eigenvalue weighted by Gasteiger charge is -2.39. The van der Waals surface area contributed by atoms with Crippen molar-refractivity contribution in [3.8, 4) is 17.6 Å². The molecule has 0 N–H and O–H groups in total. The van der Waals surface area contributed by atoms with Crippen LogP contribution in [0, 0.1) is 11.3 Å². The third-order valence-corrected chi connectivity index (χ3v) is 13.1. The van der Waals surface area contributed by atoms with E-state index in [1.807, 2.05) is 114 Å². The Morgan fingerprint density at radius 2 is 1.38 bits per heavy atom. The summed E-state index contributed by atoms with van der Waals surface area (Å²) in [5.41, 5.74) is 4.37. The van der Waals surface area contributed by atoms with Gasteiger partial charge in [-0.2, -0.15) is 5.26 Å². The van der Waals surface area contributed by atoms with E-state index in [1.54, 1.807) is 27.7 Å². The molecule has 0 saturated carbocycles. The van der Waals surface area contributed by atoms with Crippen molar-refractivity contribution >= 4 is 31.8 Å². The van der Waals surface area contributed by atoms with Crippen LogP contribution in [0.3, 0.4) is 0 Å². The molecule has 1 saturated heterocycles. The van der Waals surface area contributed by atoms with Crippen LogP contribution in [-0.4, -0.2) is 89.1 Å². The molecule has 0 radical (unpaired) electrons. The number of benzene rings is 4. The maximum atomic E-state index is 9.50. The van der Waals surface area contributed by atoms with Gasteiger partial charge in [-0.3, -0.25) is 4.57 Å². The van der Waals surface area contributed by atoms with Crippen LogP contribution in [0.5, 0.6) is 11.5 Å². The molecular weight excluding hydrogens is 816 g/mol. The van der Waals surface area contributed by atoms with E-state index in [-0.39, 0.29) is 31.7 Å². The molecule has 1 fully saturated rings. The summed E-state index contributed by atoms with van der Waals surface area (Å²) in [6.45, 7) is 8.66. The predicted molar refractivity (Wildman–Crippen MR) is 244 cm³/mol. The van der Waals surface area contributed by atoms with Crippen LogP contribution in [0.2, 0.25) is 0 Å². The van der Waals surface area contributed by atoms with Gasteiger partial charge in [0.25, 0.3) is 8.53 Å². The Labute approximate surface area is 371 Å². The Morgan fingerprint density at radius 3 is 1.95 bits per heavy atom. The van der Waals surface area contributed by atoms with Crippen molar-refractivity contribution in [2.75, 3.05) is 34.5 Å². The lowest BCUT2D eigenvalue weighted by molar-refractivity contribution is -0.0938. The first-order chi connectivity index (χ1) is 30.7. The summed E-state index contributed by atoms with van der Waals surface area (Å²) in [5.74, 6) is 1.43. The molecule has 5 atom stereocenters. The molecule has 3 heterocycles. The fourth-order valence-electron chi connectivity index (χ4n) is 8.04. The molecular formula is C49H55N6O7P. The van der Waals surface area contributed by atoms with Gasteiger partial charge in [0.15, 0.2) is 11.9 Å². The normalized spacial score (nSPS) is 18.4. The zero-order valence-corrected chi connectivity index (χ0v) is 37.7. The number of hydrogen-bond acceptors (Lipinski definition) is 12. The Hall–Kier alpha value is -5.55. The molecule has 7 rings (SSSR count). The van der Waals surface area contributed by atoms with E-state index in [9.17, 15) is 5.26 Å². The monoisotopic (exact) mass is 870 g/mol. The molecule has 1 aliphatic rings. The zero-order chi connectivity index (χ0) is 44.3. The average molecular weight is 871 g/mol. The van der Waals surface area contributed by atoms with Crippen LogP contribution in [-0.2, 0) is 28.9 Å². The summed E-state index contributed by atoms with van der Waals surface area (Å²) in [7, 11) is 3.21. The zero-order valence-electron chi connectivity index (χ0n) is 36.8. The quantitative estimate of drug-likeness (QED) is 0.0411. The van der Waals surface area contributed by atoms with E-state index in [0.717, 1.165) is 22.3 Å². The number of methoxy groups -OCH3 is 3. The maximum Gasteiger partial charge on any atom is 0.259 e. The Balaban J connectivity index is 1.33. The highest BCUT2D eigenvalue weighted by Crippen LogP contribution is 2.51. The van der Waals surface area contributed by atoms with Gasteiger partial charge >= 0.3 is 0 Å². The first kappa shape index (κ1) is 45.5. The van der Waals surface area contributed by atoms with Gasteiger partial charge in [0, 0.05) is 19.2 Å². The van der Waals surface area contributed by atoms with Gasteiger partial charge in [-0.15, -0.1) is 0 Å². The number of nitriles is 1. The fourth-order valence-corrected chi connectivity index (χ4v) is 9.81. The van der Waals surface area contributed by atoms with Crippen molar-refractivity contribution in [3.05, 3.63) is 150 Å². The molecule has 0 amide bonds. The number of ether oxygens (including phenoxy) is 5. The molecule has 13 nitrogen and oxygen atoms in total. The summed E-state index contributed by atoms with van der Waals surface area (Å²) in [6.07, 6.45) is 4.48. The van der Waals surface area contributed by atoms with Crippen molar-refractivity contribution in [3.63, 3.8) is 0 Å². The second-order valence-electron chi connectivity index (χ2n) is 15.5. The number of nitrogens with zero attached hydrogens (tertiary/aromatic N) is 6. The summed E-state index contributed by atoms with van der Waals surface area (Å²) >= 11 is 0. The van der Waals surface area contributed by atoms with E-state index in [2.05, 4.69) is 55.6 Å². The van der Waals surface area contributed by atoms with Crippen LogP contribution in [0.4, 0.5) is 0 Å². The Kier molecular flexibility index (Phi) is 15.3. The van der Waals surface area contributed by atoms with Gasteiger partial charge < -0.3 is 32.7 Å². The molecule has 1 unspecified atom stereocenters. The molecule has 2 aromatic heterocycles. The molecule has 14 heteroatoms. The minimum absolute atomic E-state index is 0.0470. The van der Waals surface area contributed by atoms with E-state index in [1.165, 1.54) is 6.33 Å². The second-order valence-corrected chi connectivity index (χ2v) is 16.9. The first-order valence-electron chi connectivity index (χ1n) is 21.0. The van der Waals surface area contributed by atoms with Gasteiger partial charge in [-0.05, 0) is 80.3 Å². The van der Waals surface area contributed by atoms with Crippen molar-refractivity contribution in [2.45, 2.75) is 76.3 Å². The van der Waals surface area contributed by atoms with Gasteiger partial charge in [0.2, 0.25) is 0 Å². The summed E-state index contributed by atoms with van der Waals surface area (Å²) in [6, 6.07) is 38.3. The van der Waals surface area contributed by atoms with Crippen molar-refractivity contribution in [1.29, 1.82) is 5.26 Å². The molecule has 63 heavy (non-hydrogen) atoms. The number of hydrogen-bond donors (Lipinski definition) is 0. The topological polar surface area (TPSA) is 135 Å². The van der Waals surface area contributed by atoms with E-state index in [0.29, 0.717) is 28.4 Å². The van der Waals surface area contributed by atoms with Gasteiger partial charge in [-0.25, -0.2) is 19.6 Å². The van der Waals surface area contributed by atoms with Crippen LogP contribution in [0.25, 0.3) is 23.3 Å². The van der Waals surface area contributed by atoms with Crippen molar-refractivity contribution < 1.29 is 32.7 Å². The third-order valence-electron chi connectivity index (χ3n) is 11.0. The van der Waals surface area contributed by atoms with Crippen molar-refractivity contribution in [2.24, 2.45) is 0 Å². The van der Waals surface area contributed by atoms with Crippen LogP contribution < -0.4 is 9.47 Å². The third kappa shape index (κ3) is 9.99. The van der Waals surface area contributed by atoms with E-state index < -0.39 is 38.7 Å². The van der Waals surface area contributed by atoms with Crippen LogP contribution in [0.15, 0.2) is 122 Å². The average Bonchev–Trinajstić information content (AvgIpc) is 3.90. The first-order valence-corrected chi connectivity index (χ1v) is 22.2. The smallest absolute Gasteiger partial charge is 0.259 e. The lowest BCUT2D eigenvalue weighted by atomic mass is 9.80. The molecule has 0 aliphatic carbocycles. The van der Waals surface area contributed by atoms with Gasteiger partial charge in [0.1, 0.15) is 47.3 Å². The molecule has 6 aromatic rings. The van der Waals surface area contributed by atoms with Crippen molar-refractivity contribution in [1.82, 2.24) is 24.2 Å². The van der Waals surface area contributed by atoms with Gasteiger partial charge in [0.05, 0.1) is 51.9 Å². The summed E-state index contributed by atoms with van der Waals surface area (Å²) in [4.78, 5) is 14.1. The number of fused-ring (bicyclic) bond motifs is 1. The van der Waals surface area contributed by atoms with Gasteiger partial charge in [-0.1, -0.05) is 91.0 Å². The Morgan fingerprint density at radius 1 is 0.778 bits per heavy atom. The fraction of sp³-hybridized carbons (Fsp3) is 0.347.